The van der Waals surface area contributed by atoms with Crippen molar-refractivity contribution >= 4 is 21.4 Å². The highest BCUT2D eigenvalue weighted by molar-refractivity contribution is 7.91. The molecule has 0 saturated heterocycles. The summed E-state index contributed by atoms with van der Waals surface area (Å²) in [4.78, 5) is 15.5. The second-order valence-corrected chi connectivity index (χ2v) is 9.50. The molecule has 0 unspecified atom stereocenters. The minimum Gasteiger partial charge on any atom is -0.343 e. The van der Waals surface area contributed by atoms with Crippen molar-refractivity contribution in [2.75, 3.05) is 11.1 Å². The second-order valence-electron chi connectivity index (χ2n) is 7.54. The molecule has 2 aromatic rings. The Labute approximate surface area is 165 Å². The summed E-state index contributed by atoms with van der Waals surface area (Å²) < 4.78 is 67.5. The number of hydrogen-bond donors (Lipinski definition) is 1. The van der Waals surface area contributed by atoms with Crippen LogP contribution in [0.4, 0.5) is 18.9 Å². The zero-order valence-electron chi connectivity index (χ0n) is 15.5. The summed E-state index contributed by atoms with van der Waals surface area (Å²) in [6.07, 6.45) is 1.04. The van der Waals surface area contributed by atoms with Crippen LogP contribution in [0.15, 0.2) is 29.4 Å². The van der Waals surface area contributed by atoms with Crippen molar-refractivity contribution in [3.05, 3.63) is 41.7 Å². The molecule has 154 valence electrons. The van der Waals surface area contributed by atoms with Crippen molar-refractivity contribution in [1.29, 1.82) is 5.26 Å². The number of rotatable bonds is 5. The van der Waals surface area contributed by atoms with Crippen molar-refractivity contribution < 1.29 is 26.4 Å². The Kier molecular flexibility index (Phi) is 4.94. The number of aryl methyl sites for hydroxylation is 1. The van der Waals surface area contributed by atoms with E-state index < -0.39 is 62.1 Å². The van der Waals surface area contributed by atoms with Gasteiger partial charge in [0, 0.05) is 38.0 Å². The SMILES string of the molecule is Cn1cc(S(=O)(=O)CC2(C)CC(F)(F)C2)c(F)c1C(=O)Nc1ccnc(C#N)c1. The minimum absolute atomic E-state index is 0.0314. The van der Waals surface area contributed by atoms with Crippen molar-refractivity contribution in [2.45, 2.75) is 30.6 Å². The van der Waals surface area contributed by atoms with Gasteiger partial charge < -0.3 is 9.88 Å². The molecule has 2 aromatic heterocycles. The fourth-order valence-corrected chi connectivity index (χ4v) is 5.61. The highest BCUT2D eigenvalue weighted by Gasteiger charge is 2.55. The lowest BCUT2D eigenvalue weighted by atomic mass is 9.69. The molecule has 7 nitrogen and oxygen atoms in total. The van der Waals surface area contributed by atoms with Crippen molar-refractivity contribution in [3.63, 3.8) is 0 Å². The number of alkyl halides is 2. The number of nitrogens with one attached hydrogen (secondary N) is 1. The van der Waals surface area contributed by atoms with Gasteiger partial charge in [-0.3, -0.25) is 4.79 Å². The minimum atomic E-state index is -4.24. The van der Waals surface area contributed by atoms with E-state index >= 15 is 0 Å². The first-order valence-corrected chi connectivity index (χ1v) is 10.1. The van der Waals surface area contributed by atoms with Crippen LogP contribution in [0, 0.1) is 22.6 Å². The zero-order valence-corrected chi connectivity index (χ0v) is 16.4. The van der Waals surface area contributed by atoms with Crippen molar-refractivity contribution in [2.24, 2.45) is 12.5 Å². The number of halogens is 3. The number of nitriles is 1. The molecule has 3 rings (SSSR count). The van der Waals surface area contributed by atoms with Crippen LogP contribution in [0.1, 0.15) is 35.9 Å². The van der Waals surface area contributed by atoms with Crippen LogP contribution in [0.5, 0.6) is 0 Å². The number of nitrogens with zero attached hydrogens (tertiary/aromatic N) is 3. The number of amides is 1. The van der Waals surface area contributed by atoms with Gasteiger partial charge in [0.05, 0.1) is 5.75 Å². The molecule has 1 saturated carbocycles. The molecular weight excluding hydrogens is 409 g/mol. The van der Waals surface area contributed by atoms with Gasteiger partial charge in [-0.15, -0.1) is 0 Å². The van der Waals surface area contributed by atoms with Gasteiger partial charge in [0.1, 0.15) is 22.4 Å². The van der Waals surface area contributed by atoms with E-state index in [1.54, 1.807) is 6.07 Å². The predicted molar refractivity (Wildman–Crippen MR) is 96.6 cm³/mol. The van der Waals surface area contributed by atoms with Crippen LogP contribution >= 0.6 is 0 Å². The Morgan fingerprint density at radius 2 is 2.07 bits per heavy atom. The molecule has 2 heterocycles. The fourth-order valence-electron chi connectivity index (χ4n) is 3.64. The summed E-state index contributed by atoms with van der Waals surface area (Å²) in [6.45, 7) is 1.41. The predicted octanol–water partition coefficient (Wildman–Crippen LogP) is 2.89. The second kappa shape index (κ2) is 6.88. The maximum Gasteiger partial charge on any atom is 0.275 e. The van der Waals surface area contributed by atoms with Gasteiger partial charge in [0.15, 0.2) is 15.7 Å². The average Bonchev–Trinajstić information content (AvgIpc) is 2.87. The van der Waals surface area contributed by atoms with E-state index in [2.05, 4.69) is 10.3 Å². The topological polar surface area (TPSA) is 105 Å². The maximum atomic E-state index is 14.9. The first kappa shape index (κ1) is 20.9. The molecule has 1 amide bonds. The summed E-state index contributed by atoms with van der Waals surface area (Å²) >= 11 is 0. The van der Waals surface area contributed by atoms with Gasteiger partial charge in [-0.25, -0.2) is 26.6 Å². The maximum absolute atomic E-state index is 14.9. The van der Waals surface area contributed by atoms with Gasteiger partial charge in [-0.05, 0) is 17.5 Å². The molecule has 0 aliphatic heterocycles. The molecule has 0 atom stereocenters. The van der Waals surface area contributed by atoms with Gasteiger partial charge in [-0.2, -0.15) is 5.26 Å². The molecule has 29 heavy (non-hydrogen) atoms. The third-order valence-electron chi connectivity index (χ3n) is 4.68. The quantitative estimate of drug-likeness (QED) is 0.792. The molecule has 0 radical (unpaired) electrons. The first-order chi connectivity index (χ1) is 13.4. The van der Waals surface area contributed by atoms with Crippen LogP contribution in [-0.4, -0.2) is 35.6 Å². The van der Waals surface area contributed by atoms with Crippen molar-refractivity contribution in [1.82, 2.24) is 9.55 Å². The summed E-state index contributed by atoms with van der Waals surface area (Å²) in [5.74, 6) is -5.75. The van der Waals surface area contributed by atoms with E-state index in [1.165, 1.54) is 32.3 Å². The third kappa shape index (κ3) is 4.12. The molecular formula is C18H17F3N4O3S. The van der Waals surface area contributed by atoms with Gasteiger partial charge in [-0.1, -0.05) is 6.92 Å². The molecule has 0 spiro atoms. The van der Waals surface area contributed by atoms with Crippen LogP contribution in [-0.2, 0) is 16.9 Å². The molecule has 1 fully saturated rings. The number of pyridine rings is 1. The normalized spacial score (nSPS) is 17.2. The lowest BCUT2D eigenvalue weighted by molar-refractivity contribution is -0.144. The van der Waals surface area contributed by atoms with E-state index in [1.807, 2.05) is 0 Å². The Hall–Kier alpha value is -2.87. The molecule has 1 aliphatic rings. The number of hydrogen-bond acceptors (Lipinski definition) is 5. The highest BCUT2D eigenvalue weighted by Crippen LogP contribution is 2.52. The molecule has 1 N–H and O–H groups in total. The lowest BCUT2D eigenvalue weighted by Crippen LogP contribution is -2.47. The number of carbonyl (C=O) groups excluding carboxylic acids is 1. The summed E-state index contributed by atoms with van der Waals surface area (Å²) in [5.41, 5.74) is -1.49. The molecule has 1 aliphatic carbocycles. The third-order valence-corrected chi connectivity index (χ3v) is 6.71. The fraction of sp³-hybridized carbons (Fsp3) is 0.389. The smallest absolute Gasteiger partial charge is 0.275 e. The van der Waals surface area contributed by atoms with Crippen LogP contribution in [0.25, 0.3) is 0 Å². The molecule has 0 aromatic carbocycles. The van der Waals surface area contributed by atoms with Crippen LogP contribution in [0.2, 0.25) is 0 Å². The number of anilines is 1. The monoisotopic (exact) mass is 426 g/mol. The Balaban J connectivity index is 1.86. The van der Waals surface area contributed by atoms with Crippen molar-refractivity contribution in [3.8, 4) is 6.07 Å². The number of sulfone groups is 1. The largest absolute Gasteiger partial charge is 0.343 e. The van der Waals surface area contributed by atoms with Gasteiger partial charge in [0.2, 0.25) is 5.92 Å². The van der Waals surface area contributed by atoms with Crippen LogP contribution in [0.3, 0.4) is 0 Å². The zero-order chi connectivity index (χ0) is 21.6. The molecule has 11 heteroatoms. The van der Waals surface area contributed by atoms with E-state index in [-0.39, 0.29) is 11.4 Å². The van der Waals surface area contributed by atoms with Gasteiger partial charge in [0.25, 0.3) is 5.91 Å². The number of carbonyl (C=O) groups is 1. The standard InChI is InChI=1S/C18H17F3N4O3S/c1-17(8-18(20,21)9-17)10-29(27,28)13-7-25(2)15(14(13)19)16(26)24-11-3-4-23-12(5-11)6-22/h3-5,7H,8-10H2,1-2H3,(H,23,24,26). The van der Waals surface area contributed by atoms with E-state index in [0.29, 0.717) is 0 Å². The Bertz CT molecular complexity index is 1130. The molecule has 0 bridgehead atoms. The first-order valence-electron chi connectivity index (χ1n) is 8.49. The summed E-state index contributed by atoms with van der Waals surface area (Å²) in [5, 5.41) is 11.2. The highest BCUT2D eigenvalue weighted by atomic mass is 32.2. The summed E-state index contributed by atoms with van der Waals surface area (Å²) in [6, 6.07) is 4.45. The lowest BCUT2D eigenvalue weighted by Gasteiger charge is -2.44. The Morgan fingerprint density at radius 3 is 2.66 bits per heavy atom. The average molecular weight is 426 g/mol. The van der Waals surface area contributed by atoms with E-state index in [0.717, 1.165) is 10.8 Å². The van der Waals surface area contributed by atoms with Crippen LogP contribution < -0.4 is 5.32 Å². The summed E-state index contributed by atoms with van der Waals surface area (Å²) in [7, 11) is -2.95. The number of aromatic nitrogens is 2. The van der Waals surface area contributed by atoms with Gasteiger partial charge >= 0.3 is 0 Å². The Morgan fingerprint density at radius 1 is 1.41 bits per heavy atom. The van der Waals surface area contributed by atoms with E-state index in [4.69, 9.17) is 5.26 Å². The van der Waals surface area contributed by atoms with E-state index in [9.17, 15) is 26.4 Å².